The van der Waals surface area contributed by atoms with Crippen LogP contribution >= 0.6 is 0 Å². The van der Waals surface area contributed by atoms with Crippen molar-refractivity contribution in [2.75, 3.05) is 34.8 Å². The van der Waals surface area contributed by atoms with E-state index < -0.39 is 29.2 Å². The number of hydrogen-bond acceptors (Lipinski definition) is 8. The Bertz CT molecular complexity index is 692. The number of carbonyl (C=O) groups excluding carboxylic acids is 3. The van der Waals surface area contributed by atoms with Gasteiger partial charge in [-0.3, -0.25) is 9.80 Å². The van der Waals surface area contributed by atoms with Crippen LogP contribution in [0.4, 0.5) is 4.79 Å². The summed E-state index contributed by atoms with van der Waals surface area (Å²) < 4.78 is 9.08. The number of carboxylic acids is 1. The second-order valence-corrected chi connectivity index (χ2v) is 8.04. The van der Waals surface area contributed by atoms with Crippen molar-refractivity contribution in [3.05, 3.63) is 0 Å². The van der Waals surface area contributed by atoms with Gasteiger partial charge < -0.3 is 19.4 Å². The molecule has 164 valence electrons. The molecular weight excluding hydrogens is 383 g/mol. The van der Waals surface area contributed by atoms with Crippen LogP contribution in [-0.2, 0) is 19.1 Å². The van der Waals surface area contributed by atoms with E-state index in [9.17, 15) is 19.5 Å². The van der Waals surface area contributed by atoms with Gasteiger partial charge in [-0.05, 0) is 67.7 Å². The molecule has 0 spiro atoms. The molecule has 0 aliphatic heterocycles. The van der Waals surface area contributed by atoms with Crippen molar-refractivity contribution in [1.29, 1.82) is 0 Å². The molecule has 0 N–H and O–H groups in total. The molecule has 0 amide bonds. The standard InChI is InChI=1S/C13H21NO4.C8H13NO2.Li/c1-10(2)9-17-12(16)18-11(15)7-8-13(3,4)14(5)6;1-8(2,9(3)4)6-5-7(10)11;/h10H,9H2,1-6H3;1-4H3,(H,10,11);/q;;+1/p-1. The van der Waals surface area contributed by atoms with Crippen molar-refractivity contribution in [3.8, 4) is 23.7 Å². The molecule has 0 fully saturated rings. The van der Waals surface area contributed by atoms with Gasteiger partial charge >= 0.3 is 31.0 Å². The molecule has 0 aromatic rings. The minimum atomic E-state index is -1.33. The topological polar surface area (TPSA) is 99.2 Å². The predicted octanol–water partition coefficient (Wildman–Crippen LogP) is -2.25. The fourth-order valence-corrected chi connectivity index (χ4v) is 0.997. The zero-order chi connectivity index (χ0) is 23.4. The van der Waals surface area contributed by atoms with E-state index in [1.807, 2.05) is 85.5 Å². The van der Waals surface area contributed by atoms with Crippen molar-refractivity contribution in [2.45, 2.75) is 52.6 Å². The second kappa shape index (κ2) is 14.9. The quantitative estimate of drug-likeness (QED) is 0.167. The Morgan fingerprint density at radius 1 is 0.900 bits per heavy atom. The van der Waals surface area contributed by atoms with E-state index >= 15 is 0 Å². The molecule has 0 saturated carbocycles. The Morgan fingerprint density at radius 2 is 1.30 bits per heavy atom. The van der Waals surface area contributed by atoms with Gasteiger partial charge in [-0.25, -0.2) is 9.59 Å². The number of esters is 1. The SMILES string of the molecule is CC(C)COC(=O)OC(=O)C#CC(C)(C)N(C)C.CN(C)C(C)(C)C#CC(=O)[O-].[Li+]. The van der Waals surface area contributed by atoms with E-state index in [0.717, 1.165) is 0 Å². The zero-order valence-corrected chi connectivity index (χ0v) is 20.1. The molecule has 9 heteroatoms. The molecule has 0 saturated heterocycles. The Morgan fingerprint density at radius 3 is 1.63 bits per heavy atom. The molecule has 0 bridgehead atoms. The number of carbonyl (C=O) groups is 3. The third-order valence-electron chi connectivity index (χ3n) is 3.89. The summed E-state index contributed by atoms with van der Waals surface area (Å²) in [4.78, 5) is 36.0. The van der Waals surface area contributed by atoms with Crippen molar-refractivity contribution < 1.29 is 47.8 Å². The van der Waals surface area contributed by atoms with Crippen LogP contribution in [0.5, 0.6) is 0 Å². The molecule has 30 heavy (non-hydrogen) atoms. The maximum absolute atomic E-state index is 11.3. The molecule has 0 unspecified atom stereocenters. The zero-order valence-electron chi connectivity index (χ0n) is 20.1. The van der Waals surface area contributed by atoms with Gasteiger partial charge in [-0.15, -0.1) is 0 Å². The van der Waals surface area contributed by atoms with Crippen molar-refractivity contribution >= 4 is 18.1 Å². The van der Waals surface area contributed by atoms with Gasteiger partial charge in [-0.2, -0.15) is 0 Å². The van der Waals surface area contributed by atoms with Crippen molar-refractivity contribution in [2.24, 2.45) is 5.92 Å². The molecule has 0 aromatic carbocycles. The maximum atomic E-state index is 11.3. The normalized spacial score (nSPS) is 10.4. The summed E-state index contributed by atoms with van der Waals surface area (Å²) in [6.07, 6.45) is -1.01. The first-order valence-electron chi connectivity index (χ1n) is 9.02. The smallest absolute Gasteiger partial charge is 0.537 e. The van der Waals surface area contributed by atoms with Gasteiger partial charge in [0.1, 0.15) is 5.97 Å². The Hall–Kier alpha value is -1.95. The Labute approximate surface area is 192 Å². The molecule has 0 aliphatic rings. The van der Waals surface area contributed by atoms with Gasteiger partial charge in [0.25, 0.3) is 0 Å². The van der Waals surface area contributed by atoms with E-state index in [-0.39, 0.29) is 31.4 Å². The third-order valence-corrected chi connectivity index (χ3v) is 3.89. The summed E-state index contributed by atoms with van der Waals surface area (Å²) in [5.41, 5.74) is -0.888. The number of carboxylic acid groups (broad SMARTS) is 1. The van der Waals surface area contributed by atoms with Crippen LogP contribution < -0.4 is 24.0 Å². The average Bonchev–Trinajstić information content (AvgIpc) is 2.57. The first-order chi connectivity index (χ1) is 13.0. The molecule has 0 rings (SSSR count). The molecule has 8 nitrogen and oxygen atoms in total. The van der Waals surface area contributed by atoms with Gasteiger partial charge in [0.05, 0.1) is 17.7 Å². The summed E-state index contributed by atoms with van der Waals surface area (Å²) in [5, 5.41) is 9.97. The van der Waals surface area contributed by atoms with Crippen molar-refractivity contribution in [1.82, 2.24) is 9.80 Å². The third kappa shape index (κ3) is 17.0. The number of nitrogens with zero attached hydrogens (tertiary/aromatic N) is 2. The van der Waals surface area contributed by atoms with Gasteiger partial charge in [0.2, 0.25) is 0 Å². The van der Waals surface area contributed by atoms with Crippen LogP contribution in [0.1, 0.15) is 41.5 Å². The summed E-state index contributed by atoms with van der Waals surface area (Å²) in [6.45, 7) is 11.4. The summed E-state index contributed by atoms with van der Waals surface area (Å²) in [7, 11) is 7.36. The van der Waals surface area contributed by atoms with Crippen molar-refractivity contribution in [3.63, 3.8) is 0 Å². The van der Waals surface area contributed by atoms with Crippen LogP contribution in [-0.4, -0.2) is 73.8 Å². The summed E-state index contributed by atoms with van der Waals surface area (Å²) in [5.74, 6) is 7.49. The average molecular weight is 416 g/mol. The van der Waals surface area contributed by atoms with E-state index in [1.165, 1.54) is 0 Å². The number of hydrogen-bond donors (Lipinski definition) is 0. The molecule has 0 aliphatic carbocycles. The Balaban J connectivity index is -0.000000525. The number of rotatable bonds is 4. The molecule has 0 aromatic heterocycles. The molecular formula is C21H33LiN2O6. The van der Waals surface area contributed by atoms with Crippen LogP contribution in [0.2, 0.25) is 0 Å². The first-order valence-corrected chi connectivity index (χ1v) is 9.02. The van der Waals surface area contributed by atoms with Crippen LogP contribution in [0.3, 0.4) is 0 Å². The van der Waals surface area contributed by atoms with Gasteiger partial charge in [0, 0.05) is 5.92 Å². The minimum absolute atomic E-state index is 0. The number of aliphatic carboxylic acids is 1. The molecule has 0 atom stereocenters. The predicted molar refractivity (Wildman–Crippen MR) is 108 cm³/mol. The monoisotopic (exact) mass is 416 g/mol. The summed E-state index contributed by atoms with van der Waals surface area (Å²) >= 11 is 0. The fourth-order valence-electron chi connectivity index (χ4n) is 0.997. The fraction of sp³-hybridized carbons (Fsp3) is 0.667. The van der Waals surface area contributed by atoms with E-state index in [4.69, 9.17) is 4.74 Å². The van der Waals surface area contributed by atoms with Crippen LogP contribution in [0, 0.1) is 29.6 Å². The molecule has 0 heterocycles. The number of ether oxygens (including phenoxy) is 2. The minimum Gasteiger partial charge on any atom is -0.537 e. The van der Waals surface area contributed by atoms with Crippen LogP contribution in [0.15, 0.2) is 0 Å². The first kappa shape index (κ1) is 32.7. The second-order valence-electron chi connectivity index (χ2n) is 8.04. The van der Waals surface area contributed by atoms with E-state index in [0.29, 0.717) is 0 Å². The Kier molecular flexibility index (Phi) is 16.3. The van der Waals surface area contributed by atoms with Crippen LogP contribution in [0.25, 0.3) is 0 Å². The summed E-state index contributed by atoms with van der Waals surface area (Å²) in [6, 6.07) is 0. The largest absolute Gasteiger partial charge is 1.00 e. The van der Waals surface area contributed by atoms with Gasteiger partial charge in [-0.1, -0.05) is 25.7 Å². The molecule has 0 radical (unpaired) electrons. The van der Waals surface area contributed by atoms with Gasteiger partial charge in [0.15, 0.2) is 0 Å². The van der Waals surface area contributed by atoms with E-state index in [1.54, 1.807) is 0 Å². The van der Waals surface area contributed by atoms with E-state index in [2.05, 4.69) is 22.5 Å². The maximum Gasteiger partial charge on any atom is 1.00 e.